The number of rotatable bonds is 6. The maximum atomic E-state index is 10.1. The number of hydrogen-bond donors (Lipinski definition) is 2. The molecule has 0 radical (unpaired) electrons. The summed E-state index contributed by atoms with van der Waals surface area (Å²) in [6.07, 6.45) is -0.198. The zero-order valence-corrected chi connectivity index (χ0v) is 7.80. The summed E-state index contributed by atoms with van der Waals surface area (Å²) in [5, 5.41) is 11.8. The minimum Gasteiger partial charge on any atom is -0.748 e. The van der Waals surface area contributed by atoms with Crippen LogP contribution in [0.1, 0.15) is 13.3 Å². The van der Waals surface area contributed by atoms with E-state index in [1.54, 1.807) is 0 Å². The van der Waals surface area contributed by atoms with Gasteiger partial charge in [-0.05, 0) is 13.0 Å². The maximum absolute atomic E-state index is 10.1. The van der Waals surface area contributed by atoms with Crippen molar-refractivity contribution in [1.29, 1.82) is 0 Å². The third-order valence-electron chi connectivity index (χ3n) is 1.20. The summed E-state index contributed by atoms with van der Waals surface area (Å²) in [5.41, 5.74) is 0. The van der Waals surface area contributed by atoms with E-state index in [0.717, 1.165) is 6.42 Å². The number of aliphatic hydroxyl groups excluding tert-OH is 1. The zero-order valence-electron chi connectivity index (χ0n) is 6.99. The van der Waals surface area contributed by atoms with E-state index in [1.807, 2.05) is 6.92 Å². The number of hydrogen-bond acceptors (Lipinski definition) is 5. The van der Waals surface area contributed by atoms with Gasteiger partial charge in [0, 0.05) is 6.54 Å². The number of aliphatic hydroxyl groups is 1. The Bertz CT molecular complexity index is 202. The second kappa shape index (κ2) is 5.47. The molecule has 5 nitrogen and oxygen atoms in total. The topological polar surface area (TPSA) is 89.5 Å². The molecule has 0 rings (SSSR count). The van der Waals surface area contributed by atoms with Crippen LogP contribution in [0.25, 0.3) is 0 Å². The van der Waals surface area contributed by atoms with Gasteiger partial charge >= 0.3 is 0 Å². The monoisotopic (exact) mass is 196 g/mol. The molecular weight excluding hydrogens is 182 g/mol. The standard InChI is InChI=1S/C6H15NO4S/c1-2-3-7-4-6(8)5-12(9,10)11/h6-8H,2-5H2,1H3,(H,9,10,11)/p-1. The molecule has 74 valence electrons. The molecule has 0 aliphatic carbocycles. The van der Waals surface area contributed by atoms with Crippen molar-refractivity contribution in [3.05, 3.63) is 0 Å². The molecule has 6 heteroatoms. The first-order valence-electron chi connectivity index (χ1n) is 3.78. The van der Waals surface area contributed by atoms with Crippen LogP contribution in [0.2, 0.25) is 0 Å². The lowest BCUT2D eigenvalue weighted by Gasteiger charge is -2.13. The largest absolute Gasteiger partial charge is 0.748 e. The van der Waals surface area contributed by atoms with Gasteiger partial charge in [0.1, 0.15) is 0 Å². The van der Waals surface area contributed by atoms with Gasteiger partial charge in [-0.3, -0.25) is 0 Å². The molecule has 0 aromatic carbocycles. The Labute approximate surface area is 72.5 Å². The molecule has 0 amide bonds. The van der Waals surface area contributed by atoms with E-state index < -0.39 is 22.0 Å². The quantitative estimate of drug-likeness (QED) is 0.415. The highest BCUT2D eigenvalue weighted by Crippen LogP contribution is 1.88. The van der Waals surface area contributed by atoms with Crippen LogP contribution in [-0.4, -0.2) is 43.0 Å². The van der Waals surface area contributed by atoms with E-state index in [4.69, 9.17) is 5.11 Å². The van der Waals surface area contributed by atoms with E-state index in [9.17, 15) is 13.0 Å². The van der Waals surface area contributed by atoms with E-state index in [-0.39, 0.29) is 6.54 Å². The Hall–Kier alpha value is -0.170. The highest BCUT2D eigenvalue weighted by atomic mass is 32.2. The smallest absolute Gasteiger partial charge is 0.0972 e. The molecule has 0 aliphatic rings. The van der Waals surface area contributed by atoms with Crippen molar-refractivity contribution in [2.24, 2.45) is 0 Å². The lowest BCUT2D eigenvalue weighted by Crippen LogP contribution is -2.32. The third kappa shape index (κ3) is 7.93. The predicted octanol–water partition coefficient (Wildman–Crippen LogP) is -1.11. The molecule has 0 spiro atoms. The molecular formula is C6H14NO4S-. The van der Waals surface area contributed by atoms with E-state index in [0.29, 0.717) is 6.54 Å². The normalized spacial score (nSPS) is 14.6. The van der Waals surface area contributed by atoms with Crippen LogP contribution in [0.3, 0.4) is 0 Å². The van der Waals surface area contributed by atoms with Crippen LogP contribution in [-0.2, 0) is 10.1 Å². The lowest BCUT2D eigenvalue weighted by atomic mass is 10.4. The van der Waals surface area contributed by atoms with E-state index in [2.05, 4.69) is 5.32 Å². The molecule has 0 aromatic heterocycles. The molecule has 1 atom stereocenters. The second-order valence-electron chi connectivity index (χ2n) is 2.58. The molecule has 0 fully saturated rings. The summed E-state index contributed by atoms with van der Waals surface area (Å²) in [7, 11) is -4.30. The van der Waals surface area contributed by atoms with Crippen LogP contribution < -0.4 is 5.32 Å². The molecule has 0 saturated carbocycles. The Morgan fingerprint density at radius 1 is 1.58 bits per heavy atom. The summed E-state index contributed by atoms with van der Waals surface area (Å²) < 4.78 is 30.4. The van der Waals surface area contributed by atoms with Crippen LogP contribution in [0.5, 0.6) is 0 Å². The van der Waals surface area contributed by atoms with Crippen LogP contribution >= 0.6 is 0 Å². The van der Waals surface area contributed by atoms with E-state index in [1.165, 1.54) is 0 Å². The minimum absolute atomic E-state index is 0.148. The average Bonchev–Trinajstić information content (AvgIpc) is 1.84. The van der Waals surface area contributed by atoms with E-state index >= 15 is 0 Å². The van der Waals surface area contributed by atoms with Gasteiger partial charge in [-0.2, -0.15) is 0 Å². The highest BCUT2D eigenvalue weighted by Gasteiger charge is 2.06. The average molecular weight is 196 g/mol. The summed E-state index contributed by atoms with van der Waals surface area (Å²) >= 11 is 0. The Balaban J connectivity index is 3.53. The van der Waals surface area contributed by atoms with Crippen LogP contribution in [0.15, 0.2) is 0 Å². The summed E-state index contributed by atoms with van der Waals surface area (Å²) in [4.78, 5) is 0. The molecule has 0 heterocycles. The fraction of sp³-hybridized carbons (Fsp3) is 1.00. The van der Waals surface area contributed by atoms with Crippen molar-refractivity contribution in [3.8, 4) is 0 Å². The van der Waals surface area contributed by atoms with Crippen molar-refractivity contribution in [2.75, 3.05) is 18.8 Å². The second-order valence-corrected chi connectivity index (χ2v) is 4.03. The maximum Gasteiger partial charge on any atom is 0.0972 e. The Kier molecular flexibility index (Phi) is 5.39. The van der Waals surface area contributed by atoms with Crippen molar-refractivity contribution < 1.29 is 18.1 Å². The van der Waals surface area contributed by atoms with Gasteiger partial charge in [0.05, 0.1) is 22.0 Å². The van der Waals surface area contributed by atoms with Crippen LogP contribution in [0.4, 0.5) is 0 Å². The minimum atomic E-state index is -4.30. The predicted molar refractivity (Wildman–Crippen MR) is 43.7 cm³/mol. The lowest BCUT2D eigenvalue weighted by molar-refractivity contribution is 0.191. The Morgan fingerprint density at radius 3 is 2.58 bits per heavy atom. The SMILES string of the molecule is CCCNCC(O)CS(=O)(=O)[O-]. The zero-order chi connectivity index (χ0) is 9.61. The number of nitrogens with one attached hydrogen (secondary N) is 1. The van der Waals surface area contributed by atoms with Crippen molar-refractivity contribution in [2.45, 2.75) is 19.4 Å². The molecule has 12 heavy (non-hydrogen) atoms. The molecule has 2 N–H and O–H groups in total. The molecule has 0 saturated heterocycles. The first-order chi connectivity index (χ1) is 5.45. The fourth-order valence-electron chi connectivity index (χ4n) is 0.740. The summed E-state index contributed by atoms with van der Waals surface area (Å²) in [5.74, 6) is -0.719. The summed E-state index contributed by atoms with van der Waals surface area (Å²) in [6.45, 7) is 2.80. The first-order valence-corrected chi connectivity index (χ1v) is 5.35. The first kappa shape index (κ1) is 11.8. The van der Waals surface area contributed by atoms with Gasteiger partial charge in [-0.15, -0.1) is 0 Å². The molecule has 0 aromatic rings. The Morgan fingerprint density at radius 2 is 2.17 bits per heavy atom. The van der Waals surface area contributed by atoms with Gasteiger partial charge in [-0.25, -0.2) is 8.42 Å². The fourth-order valence-corrected chi connectivity index (χ4v) is 1.33. The van der Waals surface area contributed by atoms with Gasteiger partial charge in [-0.1, -0.05) is 6.92 Å². The molecule has 0 bridgehead atoms. The summed E-state index contributed by atoms with van der Waals surface area (Å²) in [6, 6.07) is 0. The molecule has 1 unspecified atom stereocenters. The van der Waals surface area contributed by atoms with Crippen molar-refractivity contribution in [1.82, 2.24) is 5.32 Å². The van der Waals surface area contributed by atoms with Gasteiger partial charge in [0.15, 0.2) is 0 Å². The van der Waals surface area contributed by atoms with Gasteiger partial charge < -0.3 is 15.0 Å². The van der Waals surface area contributed by atoms with Gasteiger partial charge in [0.25, 0.3) is 0 Å². The van der Waals surface area contributed by atoms with Crippen molar-refractivity contribution in [3.63, 3.8) is 0 Å². The van der Waals surface area contributed by atoms with Crippen LogP contribution in [0, 0.1) is 0 Å². The van der Waals surface area contributed by atoms with Crippen molar-refractivity contribution >= 4 is 10.1 Å². The molecule has 0 aliphatic heterocycles. The highest BCUT2D eigenvalue weighted by molar-refractivity contribution is 7.85. The van der Waals surface area contributed by atoms with Gasteiger partial charge in [0.2, 0.25) is 0 Å². The third-order valence-corrected chi connectivity index (χ3v) is 2.00.